The standard InChI is InChI=1S/C72H41B2N5O/c1-3-18-42(19-4-1)75-61-38-44(77-57-29-12-7-22-46(57)47-23-8-13-30-58(47)77)34-36-53(61)73-55-28-17-27-51-66-70-56(40-52-50-26-11-16-33-65(50)80-72(52)66)74-54-37-35-45(78-59-31-14-9-24-48(59)49-25-10-15-32-60(49)78)39-62(54)76(43-20-5-2-6-21-43)64-41-63(75)67(73)71(68(64)74)79(70)69(51)55/h1-41H. The lowest BCUT2D eigenvalue weighted by molar-refractivity contribution is 0.673. The molecule has 20 rings (SSSR count). The lowest BCUT2D eigenvalue weighted by atomic mass is 9.29. The van der Waals surface area contributed by atoms with E-state index in [0.29, 0.717) is 0 Å². The van der Waals surface area contributed by atoms with Gasteiger partial charge in [-0.05, 0) is 118 Å². The second-order valence-electron chi connectivity index (χ2n) is 22.3. The number of hydrogen-bond acceptors (Lipinski definition) is 3. The SMILES string of the molecule is c1ccc(N2c3cc(-n4c5ccccc5c5ccccc54)ccc3B3c4c2cc2c5c4-n4c6c3cccc6c3c6oc7ccccc7c6cc(c34)B5c3ccc(-n4c5ccccc5c5ccccc54)cc3N2c2ccccc2)cc1. The fraction of sp³-hybridized carbons (Fsp3) is 0. The lowest BCUT2D eigenvalue weighted by Gasteiger charge is -2.46. The van der Waals surface area contributed by atoms with E-state index in [1.165, 1.54) is 127 Å². The minimum Gasteiger partial charge on any atom is -0.455 e. The van der Waals surface area contributed by atoms with Crippen molar-refractivity contribution in [1.82, 2.24) is 13.7 Å². The summed E-state index contributed by atoms with van der Waals surface area (Å²) >= 11 is 0. The smallest absolute Gasteiger partial charge is 0.252 e. The molecule has 0 N–H and O–H groups in total. The molecule has 4 aliphatic rings. The molecule has 0 amide bonds. The molecular formula is C72H41B2N5O. The van der Waals surface area contributed by atoms with Gasteiger partial charge in [0.05, 0.1) is 33.0 Å². The molecule has 4 aromatic heterocycles. The molecule has 0 unspecified atom stereocenters. The zero-order valence-corrected chi connectivity index (χ0v) is 43.0. The Morgan fingerprint density at radius 2 is 0.750 bits per heavy atom. The number of aromatic nitrogens is 3. The van der Waals surface area contributed by atoms with Crippen LogP contribution in [0.4, 0.5) is 34.1 Å². The van der Waals surface area contributed by atoms with Gasteiger partial charge in [0.15, 0.2) is 0 Å². The van der Waals surface area contributed by atoms with Crippen molar-refractivity contribution in [2.24, 2.45) is 0 Å². The van der Waals surface area contributed by atoms with Gasteiger partial charge in [0.2, 0.25) is 0 Å². The Morgan fingerprint density at radius 1 is 0.287 bits per heavy atom. The van der Waals surface area contributed by atoms with E-state index in [2.05, 4.69) is 272 Å². The van der Waals surface area contributed by atoms with Crippen LogP contribution in [-0.4, -0.2) is 27.1 Å². The Bertz CT molecular complexity index is 5370. The molecule has 6 nitrogen and oxygen atoms in total. The van der Waals surface area contributed by atoms with Gasteiger partial charge in [-0.3, -0.25) is 0 Å². The number of benzene rings is 12. The third-order valence-corrected chi connectivity index (χ3v) is 18.5. The summed E-state index contributed by atoms with van der Waals surface area (Å²) in [5, 5.41) is 9.69. The largest absolute Gasteiger partial charge is 0.455 e. The lowest BCUT2D eigenvalue weighted by Crippen LogP contribution is -2.67. The summed E-state index contributed by atoms with van der Waals surface area (Å²) in [6.45, 7) is -0.193. The zero-order chi connectivity index (χ0) is 51.6. The van der Waals surface area contributed by atoms with E-state index in [9.17, 15) is 0 Å². The first-order chi connectivity index (χ1) is 39.7. The number of hydrogen-bond donors (Lipinski definition) is 0. The number of nitrogens with zero attached hydrogens (tertiary/aromatic N) is 5. The number of rotatable bonds is 4. The van der Waals surface area contributed by atoms with Crippen LogP contribution in [-0.2, 0) is 0 Å². The molecule has 0 aliphatic carbocycles. The maximum absolute atomic E-state index is 7.13. The van der Waals surface area contributed by atoms with Crippen molar-refractivity contribution >= 4 is 168 Å². The van der Waals surface area contributed by atoms with Crippen molar-refractivity contribution < 1.29 is 4.42 Å². The summed E-state index contributed by atoms with van der Waals surface area (Å²) in [5.74, 6) is 0. The summed E-state index contributed by atoms with van der Waals surface area (Å²) in [6.07, 6.45) is 0. The van der Waals surface area contributed by atoms with Crippen LogP contribution in [0.25, 0.3) is 104 Å². The molecule has 80 heavy (non-hydrogen) atoms. The van der Waals surface area contributed by atoms with Gasteiger partial charge in [-0.15, -0.1) is 0 Å². The predicted octanol–water partition coefficient (Wildman–Crippen LogP) is 14.1. The van der Waals surface area contributed by atoms with Gasteiger partial charge < -0.3 is 27.9 Å². The summed E-state index contributed by atoms with van der Waals surface area (Å²) in [6, 6.07) is 93.0. The number of anilines is 6. The Labute approximate surface area is 458 Å². The van der Waals surface area contributed by atoms with Crippen LogP contribution >= 0.6 is 0 Å². The van der Waals surface area contributed by atoms with Crippen LogP contribution in [0.3, 0.4) is 0 Å². The predicted molar refractivity (Wildman–Crippen MR) is 335 cm³/mol. The average Bonchev–Trinajstić information content (AvgIpc) is 2.03. The van der Waals surface area contributed by atoms with Crippen molar-refractivity contribution in [3.05, 3.63) is 249 Å². The van der Waals surface area contributed by atoms with E-state index in [0.717, 1.165) is 44.7 Å². The molecule has 0 spiro atoms. The highest BCUT2D eigenvalue weighted by molar-refractivity contribution is 7.04. The number of fused-ring (bicyclic) bond motifs is 17. The monoisotopic (exact) mass is 1010 g/mol. The first-order valence-corrected chi connectivity index (χ1v) is 27.8. The first kappa shape index (κ1) is 41.7. The third-order valence-electron chi connectivity index (χ3n) is 18.5. The topological polar surface area (TPSA) is 34.4 Å². The second-order valence-corrected chi connectivity index (χ2v) is 22.3. The van der Waals surface area contributed by atoms with Crippen LogP contribution in [0.15, 0.2) is 253 Å². The van der Waals surface area contributed by atoms with E-state index in [1.54, 1.807) is 0 Å². The molecule has 0 bridgehead atoms. The molecule has 0 radical (unpaired) electrons. The highest BCUT2D eigenvalue weighted by Crippen LogP contribution is 2.50. The molecule has 366 valence electrons. The van der Waals surface area contributed by atoms with Crippen molar-refractivity contribution in [1.29, 1.82) is 0 Å². The summed E-state index contributed by atoms with van der Waals surface area (Å²) in [7, 11) is 0. The summed E-state index contributed by atoms with van der Waals surface area (Å²) < 4.78 is 14.8. The first-order valence-electron chi connectivity index (χ1n) is 27.8. The van der Waals surface area contributed by atoms with Gasteiger partial charge in [-0.25, -0.2) is 0 Å². The van der Waals surface area contributed by atoms with Crippen LogP contribution in [0, 0.1) is 0 Å². The van der Waals surface area contributed by atoms with Crippen LogP contribution in [0.5, 0.6) is 0 Å². The summed E-state index contributed by atoms with van der Waals surface area (Å²) in [5.41, 5.74) is 27.4. The molecule has 0 saturated heterocycles. The molecule has 4 aliphatic heterocycles. The van der Waals surface area contributed by atoms with Crippen LogP contribution < -0.4 is 42.6 Å². The zero-order valence-electron chi connectivity index (χ0n) is 43.0. The van der Waals surface area contributed by atoms with Gasteiger partial charge >= 0.3 is 0 Å². The fourth-order valence-corrected chi connectivity index (χ4v) is 15.6. The molecule has 0 saturated carbocycles. The molecular weight excluding hydrogens is 972 g/mol. The fourth-order valence-electron chi connectivity index (χ4n) is 15.6. The highest BCUT2D eigenvalue weighted by Gasteiger charge is 2.51. The Balaban J connectivity index is 0.961. The van der Waals surface area contributed by atoms with E-state index < -0.39 is 0 Å². The third kappa shape index (κ3) is 5.01. The van der Waals surface area contributed by atoms with Crippen molar-refractivity contribution in [2.75, 3.05) is 9.80 Å². The Hall–Kier alpha value is -10.4. The van der Waals surface area contributed by atoms with E-state index >= 15 is 0 Å². The summed E-state index contributed by atoms with van der Waals surface area (Å²) in [4.78, 5) is 5.17. The molecule has 8 heterocycles. The van der Waals surface area contributed by atoms with Crippen LogP contribution in [0.2, 0.25) is 0 Å². The highest BCUT2D eigenvalue weighted by atomic mass is 16.3. The van der Waals surface area contributed by atoms with Gasteiger partial charge in [-0.1, -0.05) is 164 Å². The molecule has 0 atom stereocenters. The van der Waals surface area contributed by atoms with Crippen molar-refractivity contribution in [3.8, 4) is 17.1 Å². The Kier molecular flexibility index (Phi) is 7.70. The van der Waals surface area contributed by atoms with Gasteiger partial charge in [-0.2, -0.15) is 0 Å². The minimum atomic E-state index is -0.115. The van der Waals surface area contributed by atoms with E-state index in [4.69, 9.17) is 4.42 Å². The van der Waals surface area contributed by atoms with Crippen molar-refractivity contribution in [3.63, 3.8) is 0 Å². The number of para-hydroxylation sites is 8. The molecule has 16 aromatic rings. The van der Waals surface area contributed by atoms with Crippen molar-refractivity contribution in [2.45, 2.75) is 0 Å². The van der Waals surface area contributed by atoms with E-state index in [1.807, 2.05) is 0 Å². The van der Waals surface area contributed by atoms with E-state index in [-0.39, 0.29) is 13.4 Å². The maximum Gasteiger partial charge on any atom is 0.252 e. The minimum absolute atomic E-state index is 0.0782. The Morgan fingerprint density at radius 3 is 1.29 bits per heavy atom. The molecule has 0 fully saturated rings. The molecule has 8 heteroatoms. The normalized spacial score (nSPS) is 13.7. The quantitative estimate of drug-likeness (QED) is 0.165. The maximum atomic E-state index is 7.13. The average molecular weight is 1010 g/mol. The van der Waals surface area contributed by atoms with Gasteiger partial charge in [0, 0.05) is 94.4 Å². The number of furan rings is 1. The van der Waals surface area contributed by atoms with Gasteiger partial charge in [0.25, 0.3) is 13.4 Å². The second kappa shape index (κ2) is 14.8. The molecule has 12 aromatic carbocycles. The van der Waals surface area contributed by atoms with Crippen LogP contribution in [0.1, 0.15) is 0 Å². The van der Waals surface area contributed by atoms with Gasteiger partial charge in [0.1, 0.15) is 11.2 Å².